The molecule has 6 heteroatoms. The van der Waals surface area contributed by atoms with Crippen molar-refractivity contribution in [1.82, 2.24) is 9.62 Å². The van der Waals surface area contributed by atoms with Crippen molar-refractivity contribution in [2.75, 3.05) is 19.3 Å². The summed E-state index contributed by atoms with van der Waals surface area (Å²) in [6.45, 7) is 5.09. The Morgan fingerprint density at radius 1 is 1.32 bits per heavy atom. The summed E-state index contributed by atoms with van der Waals surface area (Å²) < 4.78 is 26.5. The first-order valence-corrected chi connectivity index (χ1v) is 10.8. The number of thiophene rings is 1. The summed E-state index contributed by atoms with van der Waals surface area (Å²) in [5.41, 5.74) is -0.198. The molecule has 0 amide bonds. The van der Waals surface area contributed by atoms with E-state index in [1.54, 1.807) is 0 Å². The first-order chi connectivity index (χ1) is 10.3. The topological polar surface area (TPSA) is 49.4 Å². The predicted molar refractivity (Wildman–Crippen MR) is 91.6 cm³/mol. The van der Waals surface area contributed by atoms with Crippen LogP contribution in [0.25, 0.3) is 0 Å². The summed E-state index contributed by atoms with van der Waals surface area (Å²) in [7, 11) is -3.14. The highest BCUT2D eigenvalue weighted by Gasteiger charge is 2.41. The number of hydrogen-bond acceptors (Lipinski definition) is 4. The van der Waals surface area contributed by atoms with Crippen LogP contribution in [0.4, 0.5) is 0 Å². The highest BCUT2D eigenvalue weighted by atomic mass is 32.2. The molecule has 2 heterocycles. The molecule has 2 fully saturated rings. The van der Waals surface area contributed by atoms with E-state index in [0.717, 1.165) is 44.8 Å². The standard InChI is InChI=1S/C16H26N2O2S2/c1-13-3-6-15(21-13)12-18-9-7-16(8-10-18,11-14-4-5-14)17-22(2,19)20/h3,6,14,17H,4-5,7-12H2,1-2H3. The van der Waals surface area contributed by atoms with Gasteiger partial charge in [-0.25, -0.2) is 13.1 Å². The van der Waals surface area contributed by atoms with E-state index in [2.05, 4.69) is 28.7 Å². The molecular formula is C16H26N2O2S2. The third kappa shape index (κ3) is 4.54. The van der Waals surface area contributed by atoms with Crippen molar-refractivity contribution in [2.45, 2.75) is 51.1 Å². The van der Waals surface area contributed by atoms with Crippen LogP contribution in [0.3, 0.4) is 0 Å². The average molecular weight is 343 g/mol. The third-order valence-corrected chi connectivity index (χ3v) is 6.56. The van der Waals surface area contributed by atoms with E-state index < -0.39 is 10.0 Å². The molecule has 0 bridgehead atoms. The van der Waals surface area contributed by atoms with Crippen LogP contribution in [0.1, 0.15) is 41.9 Å². The summed E-state index contributed by atoms with van der Waals surface area (Å²) >= 11 is 1.86. The van der Waals surface area contributed by atoms with E-state index in [4.69, 9.17) is 0 Å². The lowest BCUT2D eigenvalue weighted by atomic mass is 9.83. The van der Waals surface area contributed by atoms with Crippen molar-refractivity contribution in [2.24, 2.45) is 5.92 Å². The molecule has 2 aliphatic rings. The number of nitrogens with one attached hydrogen (secondary N) is 1. The van der Waals surface area contributed by atoms with Gasteiger partial charge in [-0.1, -0.05) is 12.8 Å². The lowest BCUT2D eigenvalue weighted by Crippen LogP contribution is -2.55. The Labute approximate surface area is 138 Å². The molecule has 1 aliphatic heterocycles. The fourth-order valence-corrected chi connectivity index (χ4v) is 5.55. The predicted octanol–water partition coefficient (Wildman–Crippen LogP) is 2.74. The Morgan fingerprint density at radius 2 is 2.00 bits per heavy atom. The van der Waals surface area contributed by atoms with Crippen molar-refractivity contribution in [3.8, 4) is 0 Å². The zero-order valence-corrected chi connectivity index (χ0v) is 15.1. The van der Waals surface area contributed by atoms with Gasteiger partial charge in [0.2, 0.25) is 10.0 Å². The summed E-state index contributed by atoms with van der Waals surface area (Å²) in [5, 5.41) is 0. The first kappa shape index (κ1) is 16.4. The van der Waals surface area contributed by atoms with Crippen LogP contribution in [-0.4, -0.2) is 38.2 Å². The van der Waals surface area contributed by atoms with E-state index in [1.807, 2.05) is 11.3 Å². The summed E-state index contributed by atoms with van der Waals surface area (Å²) in [6.07, 6.45) is 6.72. The maximum Gasteiger partial charge on any atom is 0.209 e. The number of likely N-dealkylation sites (tertiary alicyclic amines) is 1. The van der Waals surface area contributed by atoms with Gasteiger partial charge in [0.15, 0.2) is 0 Å². The molecular weight excluding hydrogens is 316 g/mol. The first-order valence-electron chi connectivity index (χ1n) is 8.10. The quantitative estimate of drug-likeness (QED) is 0.865. The summed E-state index contributed by atoms with van der Waals surface area (Å²) in [4.78, 5) is 5.22. The number of sulfonamides is 1. The number of aryl methyl sites for hydroxylation is 1. The molecule has 0 aromatic carbocycles. The van der Waals surface area contributed by atoms with Gasteiger partial charge in [0.1, 0.15) is 0 Å². The molecule has 1 saturated carbocycles. The molecule has 1 aromatic heterocycles. The van der Waals surface area contributed by atoms with Crippen LogP contribution in [0.5, 0.6) is 0 Å². The summed E-state index contributed by atoms with van der Waals surface area (Å²) in [6, 6.07) is 4.38. The largest absolute Gasteiger partial charge is 0.298 e. The van der Waals surface area contributed by atoms with Crippen LogP contribution < -0.4 is 4.72 Å². The lowest BCUT2D eigenvalue weighted by Gasteiger charge is -2.42. The maximum absolute atomic E-state index is 11.8. The van der Waals surface area contributed by atoms with Gasteiger partial charge >= 0.3 is 0 Å². The van der Waals surface area contributed by atoms with Gasteiger partial charge in [0.05, 0.1) is 6.26 Å². The van der Waals surface area contributed by atoms with Crippen LogP contribution in [0.15, 0.2) is 12.1 Å². The van der Waals surface area contributed by atoms with E-state index in [9.17, 15) is 8.42 Å². The molecule has 1 saturated heterocycles. The molecule has 0 atom stereocenters. The van der Waals surface area contributed by atoms with E-state index in [1.165, 1.54) is 28.9 Å². The number of rotatable bonds is 6. The third-order valence-electron chi connectivity index (χ3n) is 4.77. The second-order valence-corrected chi connectivity index (χ2v) is 10.2. The molecule has 1 aromatic rings. The van der Waals surface area contributed by atoms with E-state index in [-0.39, 0.29) is 5.54 Å². The molecule has 3 rings (SSSR count). The molecule has 0 unspecified atom stereocenters. The fraction of sp³-hybridized carbons (Fsp3) is 0.750. The normalized spacial score (nSPS) is 22.8. The summed E-state index contributed by atoms with van der Waals surface area (Å²) in [5.74, 6) is 0.737. The van der Waals surface area contributed by atoms with Crippen molar-refractivity contribution in [3.63, 3.8) is 0 Å². The van der Waals surface area contributed by atoms with Crippen molar-refractivity contribution in [1.29, 1.82) is 0 Å². The fourth-order valence-electron chi connectivity index (χ4n) is 3.55. The number of hydrogen-bond donors (Lipinski definition) is 1. The molecule has 1 aliphatic carbocycles. The Morgan fingerprint density at radius 3 is 2.50 bits per heavy atom. The highest BCUT2D eigenvalue weighted by Crippen LogP contribution is 2.41. The molecule has 124 valence electrons. The molecule has 4 nitrogen and oxygen atoms in total. The van der Waals surface area contributed by atoms with Gasteiger partial charge < -0.3 is 0 Å². The van der Waals surface area contributed by atoms with E-state index in [0.29, 0.717) is 0 Å². The van der Waals surface area contributed by atoms with Gasteiger partial charge in [-0.3, -0.25) is 4.90 Å². The van der Waals surface area contributed by atoms with Crippen molar-refractivity contribution in [3.05, 3.63) is 21.9 Å². The lowest BCUT2D eigenvalue weighted by molar-refractivity contribution is 0.135. The zero-order chi connectivity index (χ0) is 15.8. The Hall–Kier alpha value is -0.430. The highest BCUT2D eigenvalue weighted by molar-refractivity contribution is 7.88. The average Bonchev–Trinajstić information content (AvgIpc) is 3.11. The van der Waals surface area contributed by atoms with Gasteiger partial charge in [-0.15, -0.1) is 11.3 Å². The van der Waals surface area contributed by atoms with Crippen LogP contribution in [0.2, 0.25) is 0 Å². The van der Waals surface area contributed by atoms with Crippen LogP contribution >= 0.6 is 11.3 Å². The minimum Gasteiger partial charge on any atom is -0.298 e. The molecule has 1 N–H and O–H groups in total. The number of nitrogens with zero attached hydrogens (tertiary/aromatic N) is 1. The molecule has 0 spiro atoms. The maximum atomic E-state index is 11.8. The number of piperidine rings is 1. The van der Waals surface area contributed by atoms with Gasteiger partial charge in [-0.05, 0) is 44.2 Å². The zero-order valence-electron chi connectivity index (χ0n) is 13.5. The Kier molecular flexibility index (Phi) is 4.65. The van der Waals surface area contributed by atoms with Gasteiger partial charge in [0, 0.05) is 34.9 Å². The van der Waals surface area contributed by atoms with E-state index >= 15 is 0 Å². The minimum atomic E-state index is -3.14. The van der Waals surface area contributed by atoms with Crippen LogP contribution in [-0.2, 0) is 16.6 Å². The smallest absolute Gasteiger partial charge is 0.209 e. The van der Waals surface area contributed by atoms with Crippen molar-refractivity contribution >= 4 is 21.4 Å². The monoisotopic (exact) mass is 342 g/mol. The van der Waals surface area contributed by atoms with Gasteiger partial charge in [0.25, 0.3) is 0 Å². The van der Waals surface area contributed by atoms with Crippen molar-refractivity contribution < 1.29 is 8.42 Å². The molecule has 22 heavy (non-hydrogen) atoms. The Balaban J connectivity index is 1.61. The second-order valence-electron chi connectivity index (χ2n) is 7.09. The Bertz CT molecular complexity index is 612. The van der Waals surface area contributed by atoms with Crippen LogP contribution in [0, 0.1) is 12.8 Å². The molecule has 0 radical (unpaired) electrons. The second kappa shape index (κ2) is 6.23. The minimum absolute atomic E-state index is 0.198. The SMILES string of the molecule is Cc1ccc(CN2CCC(CC3CC3)(NS(C)(=O)=O)CC2)s1. The van der Waals surface area contributed by atoms with Gasteiger partial charge in [-0.2, -0.15) is 0 Å².